The number of benzene rings is 2. The Bertz CT molecular complexity index is 1150. The van der Waals surface area contributed by atoms with Crippen LogP contribution in [-0.4, -0.2) is 26.6 Å². The van der Waals surface area contributed by atoms with E-state index in [1.165, 1.54) is 31.4 Å². The maximum Gasteiger partial charge on any atom is 0.262 e. The van der Waals surface area contributed by atoms with E-state index in [0.29, 0.717) is 23.0 Å². The van der Waals surface area contributed by atoms with Gasteiger partial charge in [-0.1, -0.05) is 38.1 Å². The molecule has 9 heteroatoms. The number of carbonyl (C=O) groups is 1. The Balaban J connectivity index is 1.73. The third-order valence-corrected chi connectivity index (χ3v) is 5.65. The summed E-state index contributed by atoms with van der Waals surface area (Å²) in [6, 6.07) is 13.9. The van der Waals surface area contributed by atoms with E-state index in [1.807, 2.05) is 20.8 Å². The lowest BCUT2D eigenvalue weighted by Gasteiger charge is -2.12. The summed E-state index contributed by atoms with van der Waals surface area (Å²) < 4.78 is 38.2. The molecule has 1 aromatic heterocycles. The highest BCUT2D eigenvalue weighted by atomic mass is 32.2. The molecule has 0 aliphatic carbocycles. The molecule has 3 aromatic rings. The molecule has 1 amide bonds. The number of ether oxygens (including phenoxy) is 1. The van der Waals surface area contributed by atoms with Crippen molar-refractivity contribution >= 4 is 27.4 Å². The maximum absolute atomic E-state index is 12.6. The Kier molecular flexibility index (Phi) is 5.84. The van der Waals surface area contributed by atoms with Crippen molar-refractivity contribution in [3.63, 3.8) is 0 Å². The van der Waals surface area contributed by atoms with Gasteiger partial charge in [-0.2, -0.15) is 0 Å². The first kappa shape index (κ1) is 21.4. The lowest BCUT2D eigenvalue weighted by molar-refractivity contribution is 0.102. The van der Waals surface area contributed by atoms with Crippen molar-refractivity contribution in [1.82, 2.24) is 5.16 Å². The topological polar surface area (TPSA) is 111 Å². The highest BCUT2D eigenvalue weighted by Crippen LogP contribution is 2.27. The van der Waals surface area contributed by atoms with Crippen LogP contribution in [0.1, 0.15) is 36.9 Å². The zero-order chi connectivity index (χ0) is 21.9. The molecule has 1 heterocycles. The molecule has 0 fully saturated rings. The summed E-state index contributed by atoms with van der Waals surface area (Å²) in [5.41, 5.74) is 0.370. The second-order valence-electron chi connectivity index (χ2n) is 7.61. The van der Waals surface area contributed by atoms with Crippen LogP contribution in [0, 0.1) is 0 Å². The Morgan fingerprint density at radius 3 is 2.33 bits per heavy atom. The van der Waals surface area contributed by atoms with Crippen LogP contribution in [0.4, 0.5) is 11.5 Å². The summed E-state index contributed by atoms with van der Waals surface area (Å²) in [6.45, 7) is 5.91. The summed E-state index contributed by atoms with van der Waals surface area (Å²) in [6.07, 6.45) is 0. The van der Waals surface area contributed by atoms with Gasteiger partial charge in [-0.05, 0) is 36.4 Å². The van der Waals surface area contributed by atoms with Crippen molar-refractivity contribution < 1.29 is 22.5 Å². The van der Waals surface area contributed by atoms with Gasteiger partial charge in [0.15, 0.2) is 5.82 Å². The van der Waals surface area contributed by atoms with Crippen LogP contribution in [0.2, 0.25) is 0 Å². The van der Waals surface area contributed by atoms with Gasteiger partial charge in [0.25, 0.3) is 15.9 Å². The summed E-state index contributed by atoms with van der Waals surface area (Å²) in [7, 11) is -2.39. The molecule has 0 radical (unpaired) electrons. The first-order chi connectivity index (χ1) is 14.1. The lowest BCUT2D eigenvalue weighted by atomic mass is 9.93. The van der Waals surface area contributed by atoms with E-state index in [4.69, 9.17) is 9.26 Å². The molecule has 2 aromatic carbocycles. The summed E-state index contributed by atoms with van der Waals surface area (Å²) >= 11 is 0. The Labute approximate surface area is 175 Å². The minimum Gasteiger partial charge on any atom is -0.495 e. The third kappa shape index (κ3) is 4.80. The Morgan fingerprint density at radius 2 is 1.73 bits per heavy atom. The minimum absolute atomic E-state index is 0.0152. The van der Waals surface area contributed by atoms with E-state index < -0.39 is 15.9 Å². The molecule has 0 aliphatic rings. The first-order valence-corrected chi connectivity index (χ1v) is 10.6. The number of sulfonamides is 1. The first-order valence-electron chi connectivity index (χ1n) is 9.14. The van der Waals surface area contributed by atoms with Gasteiger partial charge in [0.2, 0.25) is 0 Å². The average Bonchev–Trinajstić information content (AvgIpc) is 3.17. The molecular formula is C21H23N3O5S. The number of hydrogen-bond acceptors (Lipinski definition) is 6. The molecule has 158 valence electrons. The van der Waals surface area contributed by atoms with Crippen molar-refractivity contribution in [3.05, 3.63) is 65.9 Å². The van der Waals surface area contributed by atoms with Gasteiger partial charge in [-0.3, -0.25) is 9.52 Å². The number of nitrogens with one attached hydrogen (secondary N) is 2. The van der Waals surface area contributed by atoms with Gasteiger partial charge in [0, 0.05) is 17.0 Å². The van der Waals surface area contributed by atoms with Crippen LogP contribution >= 0.6 is 0 Å². The molecule has 0 saturated heterocycles. The number of amides is 1. The predicted molar refractivity (Wildman–Crippen MR) is 113 cm³/mol. The Morgan fingerprint density at radius 1 is 1.07 bits per heavy atom. The lowest BCUT2D eigenvalue weighted by Crippen LogP contribution is -2.15. The largest absolute Gasteiger partial charge is 0.495 e. The van der Waals surface area contributed by atoms with Gasteiger partial charge in [0.05, 0.1) is 17.7 Å². The van der Waals surface area contributed by atoms with Crippen LogP contribution in [-0.2, 0) is 15.4 Å². The number of nitrogens with zero attached hydrogens (tertiary/aromatic N) is 1. The van der Waals surface area contributed by atoms with E-state index in [0.717, 1.165) is 0 Å². The van der Waals surface area contributed by atoms with Crippen LogP contribution < -0.4 is 14.8 Å². The fourth-order valence-electron chi connectivity index (χ4n) is 2.59. The molecule has 0 unspecified atom stereocenters. The summed E-state index contributed by atoms with van der Waals surface area (Å²) in [5, 5.41) is 6.48. The van der Waals surface area contributed by atoms with Crippen molar-refractivity contribution in [1.29, 1.82) is 0 Å². The molecule has 0 bridgehead atoms. The minimum atomic E-state index is -3.85. The molecule has 0 spiro atoms. The number of aromatic nitrogens is 1. The van der Waals surface area contributed by atoms with E-state index >= 15 is 0 Å². The second-order valence-corrected chi connectivity index (χ2v) is 9.29. The molecule has 30 heavy (non-hydrogen) atoms. The number of para-hydroxylation sites is 2. The second kappa shape index (κ2) is 8.19. The van der Waals surface area contributed by atoms with Gasteiger partial charge in [-0.25, -0.2) is 8.42 Å². The molecule has 0 atom stereocenters. The molecule has 8 nitrogen and oxygen atoms in total. The quantitative estimate of drug-likeness (QED) is 0.612. The zero-order valence-corrected chi connectivity index (χ0v) is 17.9. The molecule has 2 N–H and O–H groups in total. The summed E-state index contributed by atoms with van der Waals surface area (Å²) in [5.74, 6) is 0.908. The zero-order valence-electron chi connectivity index (χ0n) is 17.1. The fraction of sp³-hybridized carbons (Fsp3) is 0.238. The van der Waals surface area contributed by atoms with Crippen molar-refractivity contribution in [3.8, 4) is 5.75 Å². The van der Waals surface area contributed by atoms with Gasteiger partial charge < -0.3 is 14.6 Å². The molecule has 0 saturated carbocycles. The number of hydrogen-bond donors (Lipinski definition) is 2. The molecule has 3 rings (SSSR count). The van der Waals surface area contributed by atoms with Crippen LogP contribution in [0.5, 0.6) is 5.75 Å². The van der Waals surface area contributed by atoms with Gasteiger partial charge >= 0.3 is 0 Å². The fourth-order valence-corrected chi connectivity index (χ4v) is 3.66. The van der Waals surface area contributed by atoms with Gasteiger partial charge in [-0.15, -0.1) is 0 Å². The van der Waals surface area contributed by atoms with Crippen LogP contribution in [0.3, 0.4) is 0 Å². The third-order valence-electron chi connectivity index (χ3n) is 4.27. The maximum atomic E-state index is 12.6. The number of anilines is 2. The normalized spacial score (nSPS) is 11.7. The highest BCUT2D eigenvalue weighted by molar-refractivity contribution is 7.92. The van der Waals surface area contributed by atoms with E-state index in [2.05, 4.69) is 15.2 Å². The molecular weight excluding hydrogens is 406 g/mol. The standard InChI is InChI=1S/C21H23N3O5S/c1-21(2,3)18-13-19(23-29-18)22-20(25)14-9-11-15(12-10-14)30(26,27)24-16-7-5-6-8-17(16)28-4/h5-13,24H,1-4H3,(H,22,23,25). The summed E-state index contributed by atoms with van der Waals surface area (Å²) in [4.78, 5) is 12.4. The number of methoxy groups -OCH3 is 1. The van der Waals surface area contributed by atoms with Crippen molar-refractivity contribution in [2.75, 3.05) is 17.1 Å². The van der Waals surface area contributed by atoms with Crippen LogP contribution in [0.15, 0.2) is 64.0 Å². The van der Waals surface area contributed by atoms with E-state index in [9.17, 15) is 13.2 Å². The Hall–Kier alpha value is -3.33. The van der Waals surface area contributed by atoms with E-state index in [1.54, 1.807) is 30.3 Å². The van der Waals surface area contributed by atoms with Crippen molar-refractivity contribution in [2.45, 2.75) is 31.1 Å². The van der Waals surface area contributed by atoms with E-state index in [-0.39, 0.29) is 15.9 Å². The SMILES string of the molecule is COc1ccccc1NS(=O)(=O)c1ccc(C(=O)Nc2cc(C(C)(C)C)on2)cc1. The van der Waals surface area contributed by atoms with Gasteiger partial charge in [0.1, 0.15) is 11.5 Å². The monoisotopic (exact) mass is 429 g/mol. The number of rotatable bonds is 6. The predicted octanol–water partition coefficient (Wildman–Crippen LogP) is 4.03. The molecule has 0 aliphatic heterocycles. The van der Waals surface area contributed by atoms with Crippen LogP contribution in [0.25, 0.3) is 0 Å². The average molecular weight is 429 g/mol. The number of carbonyl (C=O) groups excluding carboxylic acids is 1. The van der Waals surface area contributed by atoms with Crippen molar-refractivity contribution in [2.24, 2.45) is 0 Å². The highest BCUT2D eigenvalue weighted by Gasteiger charge is 2.21. The smallest absolute Gasteiger partial charge is 0.262 e.